The van der Waals surface area contributed by atoms with Crippen LogP contribution in [0.1, 0.15) is 26.7 Å². The number of thioether (sulfide) groups is 1. The number of hydrogen-bond acceptors (Lipinski definition) is 5. The molecule has 0 radical (unpaired) electrons. The summed E-state index contributed by atoms with van der Waals surface area (Å²) in [7, 11) is 0. The molecule has 234 valence electrons. The molecule has 3 aliphatic heterocycles. The van der Waals surface area contributed by atoms with Crippen LogP contribution in [0.25, 0.3) is 10.8 Å². The Morgan fingerprint density at radius 1 is 0.978 bits per heavy atom. The summed E-state index contributed by atoms with van der Waals surface area (Å²) < 4.78 is -0.811. The van der Waals surface area contributed by atoms with Gasteiger partial charge in [-0.15, -0.1) is 24.9 Å². The van der Waals surface area contributed by atoms with E-state index < -0.39 is 28.7 Å². The number of rotatable bonds is 11. The molecule has 1 spiro atoms. The summed E-state index contributed by atoms with van der Waals surface area (Å²) in [5.74, 6) is -1.80. The third-order valence-corrected chi connectivity index (χ3v) is 12.1. The number of benzene rings is 3. The van der Waals surface area contributed by atoms with Crippen molar-refractivity contribution in [2.75, 3.05) is 29.5 Å². The van der Waals surface area contributed by atoms with Crippen LogP contribution in [0.2, 0.25) is 0 Å². The van der Waals surface area contributed by atoms with Gasteiger partial charge in [-0.2, -0.15) is 0 Å². The molecule has 6 rings (SSSR count). The van der Waals surface area contributed by atoms with Crippen molar-refractivity contribution in [1.29, 1.82) is 0 Å². The first-order valence-electron chi connectivity index (χ1n) is 15.8. The number of carbonyl (C=O) groups excluding carboxylic acids is 3. The lowest BCUT2D eigenvalue weighted by Crippen LogP contribution is -2.59. The second kappa shape index (κ2) is 12.5. The van der Waals surface area contributed by atoms with Crippen molar-refractivity contribution in [2.45, 2.75) is 48.8 Å². The Hall–Kier alpha value is -3.88. The van der Waals surface area contributed by atoms with Crippen LogP contribution >= 0.6 is 11.8 Å². The minimum Gasteiger partial charge on any atom is -0.394 e. The van der Waals surface area contributed by atoms with Crippen LogP contribution in [0.3, 0.4) is 0 Å². The van der Waals surface area contributed by atoms with E-state index in [0.29, 0.717) is 13.0 Å². The van der Waals surface area contributed by atoms with Gasteiger partial charge in [-0.05, 0) is 53.8 Å². The van der Waals surface area contributed by atoms with Gasteiger partial charge in [-0.1, -0.05) is 74.5 Å². The molecule has 1 N–H and O–H groups in total. The van der Waals surface area contributed by atoms with Gasteiger partial charge in [0, 0.05) is 29.7 Å². The standard InChI is InChI=1S/C37H41N3O4S/c1-5-19-38(28-15-9-8-10-16-28)34(42)31-30-21-24(4)37(45-30)32(31)35(43)40(27(7-3)23-41)33(37)36(44)39(20-6-2)29-18-17-25-13-11-12-14-26(25)22-29/h5-6,8-18,22,24,27,30-33,41H,1-2,7,19-21,23H2,3-4H3/t24?,27-,30+,31-,32-,33?,37?/m0/s1. The zero-order valence-electron chi connectivity index (χ0n) is 25.9. The molecule has 0 saturated carbocycles. The Morgan fingerprint density at radius 2 is 1.62 bits per heavy atom. The van der Waals surface area contributed by atoms with Crippen molar-refractivity contribution in [3.8, 4) is 0 Å². The van der Waals surface area contributed by atoms with Crippen molar-refractivity contribution in [1.82, 2.24) is 4.90 Å². The highest BCUT2D eigenvalue weighted by atomic mass is 32.2. The fraction of sp³-hybridized carbons (Fsp3) is 0.378. The number of amides is 3. The third kappa shape index (κ3) is 4.90. The molecule has 8 heteroatoms. The van der Waals surface area contributed by atoms with Gasteiger partial charge >= 0.3 is 0 Å². The maximum atomic E-state index is 15.1. The van der Waals surface area contributed by atoms with Crippen LogP contribution < -0.4 is 9.80 Å². The van der Waals surface area contributed by atoms with E-state index in [2.05, 4.69) is 20.1 Å². The fourth-order valence-electron chi connectivity index (χ4n) is 8.01. The van der Waals surface area contributed by atoms with E-state index in [9.17, 15) is 14.7 Å². The minimum absolute atomic E-state index is 0.00686. The lowest BCUT2D eigenvalue weighted by atomic mass is 9.65. The molecule has 3 amide bonds. The van der Waals surface area contributed by atoms with Crippen molar-refractivity contribution < 1.29 is 19.5 Å². The first-order valence-corrected chi connectivity index (χ1v) is 16.7. The number of fused-ring (bicyclic) bond motifs is 2. The van der Waals surface area contributed by atoms with Gasteiger partial charge in [0.1, 0.15) is 6.04 Å². The van der Waals surface area contributed by atoms with Crippen molar-refractivity contribution in [3.05, 3.63) is 98.1 Å². The molecule has 45 heavy (non-hydrogen) atoms. The van der Waals surface area contributed by atoms with Crippen LogP contribution in [0.4, 0.5) is 11.4 Å². The van der Waals surface area contributed by atoms with Gasteiger partial charge in [-0.25, -0.2) is 0 Å². The summed E-state index contributed by atoms with van der Waals surface area (Å²) in [4.78, 5) is 49.4. The van der Waals surface area contributed by atoms with Gasteiger partial charge in [0.2, 0.25) is 11.8 Å². The molecule has 3 saturated heterocycles. The summed E-state index contributed by atoms with van der Waals surface area (Å²) in [6.45, 7) is 12.2. The summed E-state index contributed by atoms with van der Waals surface area (Å²) in [5.41, 5.74) is 1.48. The van der Waals surface area contributed by atoms with Crippen molar-refractivity contribution >= 4 is 51.6 Å². The Morgan fingerprint density at radius 3 is 2.27 bits per heavy atom. The molecule has 3 aliphatic rings. The van der Waals surface area contributed by atoms with Crippen molar-refractivity contribution in [2.24, 2.45) is 17.8 Å². The number of aliphatic hydroxyl groups is 1. The molecule has 3 aromatic carbocycles. The van der Waals surface area contributed by atoms with Crippen LogP contribution in [-0.2, 0) is 14.4 Å². The number of para-hydroxylation sites is 1. The van der Waals surface area contributed by atoms with E-state index in [0.717, 1.165) is 28.6 Å². The number of hydrogen-bond donors (Lipinski definition) is 1. The van der Waals surface area contributed by atoms with E-state index in [1.807, 2.05) is 79.7 Å². The van der Waals surface area contributed by atoms with E-state index in [1.165, 1.54) is 0 Å². The lowest BCUT2D eigenvalue weighted by Gasteiger charge is -2.42. The van der Waals surface area contributed by atoms with Gasteiger partial charge in [0.25, 0.3) is 5.91 Å². The molecule has 0 aliphatic carbocycles. The monoisotopic (exact) mass is 623 g/mol. The maximum absolute atomic E-state index is 15.1. The molecule has 7 nitrogen and oxygen atoms in total. The molecule has 2 bridgehead atoms. The highest BCUT2D eigenvalue weighted by Gasteiger charge is 2.77. The smallest absolute Gasteiger partial charge is 0.251 e. The van der Waals surface area contributed by atoms with Gasteiger partial charge in [0.15, 0.2) is 0 Å². The predicted octanol–water partition coefficient (Wildman–Crippen LogP) is 5.69. The molecule has 3 fully saturated rings. The summed E-state index contributed by atoms with van der Waals surface area (Å²) in [5, 5.41) is 12.5. The van der Waals surface area contributed by atoms with Gasteiger partial charge < -0.3 is 19.8 Å². The fourth-order valence-corrected chi connectivity index (χ4v) is 10.4. The Kier molecular flexibility index (Phi) is 8.63. The molecule has 3 heterocycles. The number of nitrogens with zero attached hydrogens (tertiary/aromatic N) is 3. The van der Waals surface area contributed by atoms with Crippen LogP contribution in [0, 0.1) is 17.8 Å². The first-order chi connectivity index (χ1) is 21.8. The number of likely N-dealkylation sites (tertiary alicyclic amines) is 1. The van der Waals surface area contributed by atoms with Gasteiger partial charge in [0.05, 0.1) is 29.2 Å². The van der Waals surface area contributed by atoms with Crippen LogP contribution in [0.5, 0.6) is 0 Å². The average Bonchev–Trinajstić information content (AvgIpc) is 3.66. The highest BCUT2D eigenvalue weighted by Crippen LogP contribution is 2.69. The van der Waals surface area contributed by atoms with E-state index in [-0.39, 0.29) is 42.0 Å². The number of anilines is 2. The zero-order chi connectivity index (χ0) is 31.9. The SMILES string of the molecule is C=CCN(C(=O)C1N([C@@H](CC)CO)C(=O)[C@@H]2[C@@H](C(=O)N(CC=C)c3ccccc3)[C@H]3CC(C)C12S3)c1ccc2ccccc2c1. The molecule has 3 aromatic rings. The van der Waals surface area contributed by atoms with Crippen molar-refractivity contribution in [3.63, 3.8) is 0 Å². The van der Waals surface area contributed by atoms with Crippen LogP contribution in [-0.4, -0.2) is 69.5 Å². The highest BCUT2D eigenvalue weighted by molar-refractivity contribution is 8.02. The molecule has 7 atom stereocenters. The summed E-state index contributed by atoms with van der Waals surface area (Å²) in [6, 6.07) is 22.0. The topological polar surface area (TPSA) is 81.2 Å². The third-order valence-electron chi connectivity index (χ3n) is 10.0. The Bertz CT molecular complexity index is 1620. The molecular formula is C37H41N3O4S. The second-order valence-electron chi connectivity index (χ2n) is 12.4. The average molecular weight is 624 g/mol. The number of carbonyl (C=O) groups is 3. The molecular weight excluding hydrogens is 582 g/mol. The lowest BCUT2D eigenvalue weighted by molar-refractivity contribution is -0.142. The van der Waals surface area contributed by atoms with E-state index in [1.54, 1.807) is 38.6 Å². The normalized spacial score (nSPS) is 27.3. The maximum Gasteiger partial charge on any atom is 0.251 e. The summed E-state index contributed by atoms with van der Waals surface area (Å²) >= 11 is 1.65. The quantitative estimate of drug-likeness (QED) is 0.278. The number of aliphatic hydroxyl groups excluding tert-OH is 1. The minimum atomic E-state index is -0.842. The summed E-state index contributed by atoms with van der Waals surface area (Å²) in [6.07, 6.45) is 4.62. The van der Waals surface area contributed by atoms with E-state index in [4.69, 9.17) is 0 Å². The molecule has 0 aromatic heterocycles. The Balaban J connectivity index is 1.46. The Labute approximate surface area is 269 Å². The predicted molar refractivity (Wildman–Crippen MR) is 182 cm³/mol. The van der Waals surface area contributed by atoms with Gasteiger partial charge in [-0.3, -0.25) is 14.4 Å². The first kappa shape index (κ1) is 31.1. The van der Waals surface area contributed by atoms with Crippen LogP contribution in [0.15, 0.2) is 98.1 Å². The van der Waals surface area contributed by atoms with E-state index >= 15 is 4.79 Å². The second-order valence-corrected chi connectivity index (χ2v) is 13.9. The zero-order valence-corrected chi connectivity index (χ0v) is 26.7. The molecule has 3 unspecified atom stereocenters. The largest absolute Gasteiger partial charge is 0.394 e.